The van der Waals surface area contributed by atoms with Gasteiger partial charge < -0.3 is 10.1 Å². The Bertz CT molecular complexity index is 567. The third-order valence-corrected chi connectivity index (χ3v) is 3.35. The van der Waals surface area contributed by atoms with Gasteiger partial charge in [-0.3, -0.25) is 0 Å². The lowest BCUT2D eigenvalue weighted by Gasteiger charge is -2.12. The molecule has 1 aromatic heterocycles. The molecule has 0 radical (unpaired) electrons. The summed E-state index contributed by atoms with van der Waals surface area (Å²) in [5.41, 5.74) is 2.45. The van der Waals surface area contributed by atoms with Gasteiger partial charge in [-0.1, -0.05) is 17.7 Å². The Balaban J connectivity index is 1.67. The molecule has 1 aliphatic rings. The van der Waals surface area contributed by atoms with Gasteiger partial charge in [0.25, 0.3) is 0 Å². The van der Waals surface area contributed by atoms with Crippen LogP contribution in [0.1, 0.15) is 29.8 Å². The summed E-state index contributed by atoms with van der Waals surface area (Å²) in [5, 5.41) is 3.53. The van der Waals surface area contributed by atoms with Crippen molar-refractivity contribution < 1.29 is 4.74 Å². The topological polar surface area (TPSA) is 47.0 Å². The van der Waals surface area contributed by atoms with Crippen LogP contribution < -0.4 is 10.1 Å². The molecule has 1 saturated carbocycles. The average Bonchev–Trinajstić information content (AvgIpc) is 3.29. The van der Waals surface area contributed by atoms with Crippen molar-refractivity contribution in [2.75, 3.05) is 0 Å². The van der Waals surface area contributed by atoms with E-state index in [-0.39, 0.29) is 0 Å². The number of aromatic nitrogens is 2. The van der Waals surface area contributed by atoms with Crippen LogP contribution in [0.4, 0.5) is 0 Å². The van der Waals surface area contributed by atoms with Gasteiger partial charge in [-0.05, 0) is 31.9 Å². The summed E-state index contributed by atoms with van der Waals surface area (Å²) in [6.45, 7) is 3.36. The van der Waals surface area contributed by atoms with Crippen LogP contribution in [-0.2, 0) is 13.2 Å². The Morgan fingerprint density at radius 1 is 1.25 bits per heavy atom. The molecule has 0 bridgehead atoms. The maximum absolute atomic E-state index is 5.87. The highest BCUT2D eigenvalue weighted by Crippen LogP contribution is 2.24. The fraction of sp³-hybridized carbons (Fsp3) is 0.375. The molecule has 0 spiro atoms. The predicted molar refractivity (Wildman–Crippen MR) is 77.4 cm³/mol. The Hall–Kier alpha value is -1.94. The number of benzene rings is 1. The first-order valence-electron chi connectivity index (χ1n) is 7.03. The van der Waals surface area contributed by atoms with Gasteiger partial charge in [0.1, 0.15) is 12.4 Å². The SMILES string of the molecule is Cc1ccc(OCc2ncccn2)c(CNC2CC2)c1. The highest BCUT2D eigenvalue weighted by Gasteiger charge is 2.20. The van der Waals surface area contributed by atoms with Crippen molar-refractivity contribution in [1.29, 1.82) is 0 Å². The highest BCUT2D eigenvalue weighted by atomic mass is 16.5. The number of nitrogens with zero attached hydrogens (tertiary/aromatic N) is 2. The molecule has 4 nitrogen and oxygen atoms in total. The molecule has 0 unspecified atom stereocenters. The molecule has 0 saturated heterocycles. The van der Waals surface area contributed by atoms with Crippen molar-refractivity contribution >= 4 is 0 Å². The average molecular weight is 269 g/mol. The first-order chi connectivity index (χ1) is 9.81. The lowest BCUT2D eigenvalue weighted by molar-refractivity contribution is 0.292. The van der Waals surface area contributed by atoms with Gasteiger partial charge in [-0.15, -0.1) is 0 Å². The molecule has 4 heteroatoms. The number of ether oxygens (including phenoxy) is 1. The van der Waals surface area contributed by atoms with Gasteiger partial charge in [0.2, 0.25) is 0 Å². The standard InChI is InChI=1S/C16H19N3O/c1-12-3-6-15(13(9-12)10-19-14-4-5-14)20-11-16-17-7-2-8-18-16/h2-3,6-9,14,19H,4-5,10-11H2,1H3. The molecular weight excluding hydrogens is 250 g/mol. The Kier molecular flexibility index (Phi) is 3.92. The molecule has 104 valence electrons. The zero-order valence-corrected chi connectivity index (χ0v) is 11.7. The molecule has 20 heavy (non-hydrogen) atoms. The molecule has 0 aliphatic heterocycles. The van der Waals surface area contributed by atoms with E-state index in [1.807, 2.05) is 6.07 Å². The number of hydrogen-bond donors (Lipinski definition) is 1. The summed E-state index contributed by atoms with van der Waals surface area (Å²) in [4.78, 5) is 8.35. The molecule has 1 N–H and O–H groups in total. The number of rotatable bonds is 6. The minimum atomic E-state index is 0.403. The van der Waals surface area contributed by atoms with E-state index in [1.54, 1.807) is 18.5 Å². The molecule has 1 heterocycles. The van der Waals surface area contributed by atoms with Gasteiger partial charge >= 0.3 is 0 Å². The van der Waals surface area contributed by atoms with Gasteiger partial charge in [-0.25, -0.2) is 9.97 Å². The van der Waals surface area contributed by atoms with E-state index >= 15 is 0 Å². The van der Waals surface area contributed by atoms with Crippen LogP contribution in [0.3, 0.4) is 0 Å². The maximum atomic E-state index is 5.87. The van der Waals surface area contributed by atoms with E-state index in [4.69, 9.17) is 4.74 Å². The molecule has 3 rings (SSSR count). The summed E-state index contributed by atoms with van der Waals surface area (Å²) in [6, 6.07) is 8.78. The van der Waals surface area contributed by atoms with Crippen molar-refractivity contribution in [3.05, 3.63) is 53.6 Å². The summed E-state index contributed by atoms with van der Waals surface area (Å²) in [7, 11) is 0. The second kappa shape index (κ2) is 6.01. The fourth-order valence-electron chi connectivity index (χ4n) is 2.08. The van der Waals surface area contributed by atoms with Gasteiger partial charge in [0.05, 0.1) is 0 Å². The Morgan fingerprint density at radius 2 is 2.05 bits per heavy atom. The number of hydrogen-bond acceptors (Lipinski definition) is 4. The summed E-state index contributed by atoms with van der Waals surface area (Å²) in [6.07, 6.45) is 6.05. The first kappa shape index (κ1) is 13.1. The normalized spacial score (nSPS) is 14.2. The quantitative estimate of drug-likeness (QED) is 0.875. The lowest BCUT2D eigenvalue weighted by Crippen LogP contribution is -2.16. The van der Waals surface area contributed by atoms with Gasteiger partial charge in [0, 0.05) is 30.5 Å². The summed E-state index contributed by atoms with van der Waals surface area (Å²) >= 11 is 0. The van der Waals surface area contributed by atoms with Crippen LogP contribution in [0.5, 0.6) is 5.75 Å². The minimum Gasteiger partial charge on any atom is -0.485 e. The lowest BCUT2D eigenvalue weighted by atomic mass is 10.1. The highest BCUT2D eigenvalue weighted by molar-refractivity contribution is 5.37. The second-order valence-electron chi connectivity index (χ2n) is 5.22. The zero-order chi connectivity index (χ0) is 13.8. The fourth-order valence-corrected chi connectivity index (χ4v) is 2.08. The van der Waals surface area contributed by atoms with E-state index in [0.29, 0.717) is 18.5 Å². The summed E-state index contributed by atoms with van der Waals surface area (Å²) in [5.74, 6) is 1.62. The van der Waals surface area contributed by atoms with Crippen molar-refractivity contribution in [3.63, 3.8) is 0 Å². The smallest absolute Gasteiger partial charge is 0.166 e. The van der Waals surface area contributed by atoms with Crippen molar-refractivity contribution in [2.45, 2.75) is 39.0 Å². The second-order valence-corrected chi connectivity index (χ2v) is 5.22. The zero-order valence-electron chi connectivity index (χ0n) is 11.7. The van der Waals surface area contributed by atoms with E-state index in [2.05, 4.69) is 34.3 Å². The largest absolute Gasteiger partial charge is 0.485 e. The van der Waals surface area contributed by atoms with Crippen LogP contribution in [0, 0.1) is 6.92 Å². The van der Waals surface area contributed by atoms with E-state index < -0.39 is 0 Å². The number of aryl methyl sites for hydroxylation is 1. The van der Waals surface area contributed by atoms with E-state index in [9.17, 15) is 0 Å². The van der Waals surface area contributed by atoms with Crippen LogP contribution in [0.15, 0.2) is 36.7 Å². The third kappa shape index (κ3) is 3.54. The van der Waals surface area contributed by atoms with E-state index in [1.165, 1.54) is 24.0 Å². The Labute approximate surface area is 119 Å². The van der Waals surface area contributed by atoms with Crippen LogP contribution >= 0.6 is 0 Å². The van der Waals surface area contributed by atoms with Crippen LogP contribution in [0.25, 0.3) is 0 Å². The molecule has 1 aliphatic carbocycles. The maximum Gasteiger partial charge on any atom is 0.166 e. The molecule has 1 aromatic carbocycles. The molecular formula is C16H19N3O. The molecule has 0 atom stereocenters. The molecule has 2 aromatic rings. The van der Waals surface area contributed by atoms with E-state index in [0.717, 1.165) is 12.3 Å². The van der Waals surface area contributed by atoms with Crippen molar-refractivity contribution in [2.24, 2.45) is 0 Å². The van der Waals surface area contributed by atoms with Crippen LogP contribution in [-0.4, -0.2) is 16.0 Å². The molecule has 1 fully saturated rings. The van der Waals surface area contributed by atoms with Crippen molar-refractivity contribution in [3.8, 4) is 5.75 Å². The van der Waals surface area contributed by atoms with Gasteiger partial charge in [-0.2, -0.15) is 0 Å². The molecule has 0 amide bonds. The van der Waals surface area contributed by atoms with Gasteiger partial charge in [0.15, 0.2) is 5.82 Å². The summed E-state index contributed by atoms with van der Waals surface area (Å²) < 4.78 is 5.87. The first-order valence-corrected chi connectivity index (χ1v) is 7.03. The van der Waals surface area contributed by atoms with Crippen molar-refractivity contribution in [1.82, 2.24) is 15.3 Å². The minimum absolute atomic E-state index is 0.403. The third-order valence-electron chi connectivity index (χ3n) is 3.35. The Morgan fingerprint density at radius 3 is 2.80 bits per heavy atom. The van der Waals surface area contributed by atoms with Crippen LogP contribution in [0.2, 0.25) is 0 Å². The predicted octanol–water partition coefficient (Wildman–Crippen LogP) is 2.62. The monoisotopic (exact) mass is 269 g/mol. The number of nitrogens with one attached hydrogen (secondary N) is 1.